The Morgan fingerprint density at radius 2 is 1.80 bits per heavy atom. The summed E-state index contributed by atoms with van der Waals surface area (Å²) in [6.07, 6.45) is -1.61. The van der Waals surface area contributed by atoms with E-state index in [4.69, 9.17) is 16.6 Å². The molecule has 0 atom stereocenters. The van der Waals surface area contributed by atoms with E-state index >= 15 is 0 Å². The molecular weight excluding hydrogens is 413 g/mol. The summed E-state index contributed by atoms with van der Waals surface area (Å²) in [7, 11) is 1.81. The number of aromatic nitrogens is 4. The predicted molar refractivity (Wildman–Crippen MR) is 110 cm³/mol. The summed E-state index contributed by atoms with van der Waals surface area (Å²) in [4.78, 5) is 4.75. The van der Waals surface area contributed by atoms with Crippen LogP contribution in [0.1, 0.15) is 29.3 Å². The standard InChI is InChI=1S/C22H18ClF3N4/c1-3-18-16(10-13-4-7-15(8-5-13)22(24,25)26)21(23)17-11-14(6-9-19(17)28-18)20-12-27-29-30(20)2/h4-9,11-12H,3,10H2,1-2H3. The van der Waals surface area contributed by atoms with Gasteiger partial charge < -0.3 is 0 Å². The highest BCUT2D eigenvalue weighted by Crippen LogP contribution is 2.34. The van der Waals surface area contributed by atoms with Crippen LogP contribution in [0.3, 0.4) is 0 Å². The smallest absolute Gasteiger partial charge is 0.252 e. The molecule has 2 aromatic heterocycles. The zero-order chi connectivity index (χ0) is 21.5. The van der Waals surface area contributed by atoms with Crippen LogP contribution in [-0.4, -0.2) is 20.0 Å². The van der Waals surface area contributed by atoms with Gasteiger partial charge in [0.1, 0.15) is 0 Å². The summed E-state index contributed by atoms with van der Waals surface area (Å²) in [5.74, 6) is 0. The van der Waals surface area contributed by atoms with Crippen molar-refractivity contribution in [3.05, 3.63) is 76.1 Å². The van der Waals surface area contributed by atoms with Crippen molar-refractivity contribution in [2.24, 2.45) is 7.05 Å². The molecule has 0 fully saturated rings. The van der Waals surface area contributed by atoms with E-state index < -0.39 is 11.7 Å². The van der Waals surface area contributed by atoms with E-state index in [0.717, 1.165) is 51.1 Å². The van der Waals surface area contributed by atoms with Gasteiger partial charge in [-0.2, -0.15) is 13.2 Å². The van der Waals surface area contributed by atoms with E-state index in [2.05, 4.69) is 10.3 Å². The number of nitrogens with zero attached hydrogens (tertiary/aromatic N) is 4. The van der Waals surface area contributed by atoms with Crippen molar-refractivity contribution in [1.29, 1.82) is 0 Å². The third kappa shape index (κ3) is 3.77. The fourth-order valence-electron chi connectivity index (χ4n) is 3.51. The molecule has 2 heterocycles. The van der Waals surface area contributed by atoms with Gasteiger partial charge in [-0.3, -0.25) is 4.98 Å². The van der Waals surface area contributed by atoms with Crippen molar-refractivity contribution >= 4 is 22.5 Å². The number of benzene rings is 2. The number of halogens is 4. The molecule has 4 aromatic rings. The fraction of sp³-hybridized carbons (Fsp3) is 0.227. The molecule has 0 radical (unpaired) electrons. The van der Waals surface area contributed by atoms with Crippen LogP contribution in [0.25, 0.3) is 22.2 Å². The van der Waals surface area contributed by atoms with Crippen LogP contribution in [0.15, 0.2) is 48.7 Å². The molecule has 30 heavy (non-hydrogen) atoms. The van der Waals surface area contributed by atoms with Gasteiger partial charge in [-0.25, -0.2) is 4.68 Å². The minimum absolute atomic E-state index is 0.403. The third-order valence-corrected chi connectivity index (χ3v) is 5.54. The molecule has 154 valence electrons. The SMILES string of the molecule is CCc1nc2ccc(-c3cnnn3C)cc2c(Cl)c1Cc1ccc(C(F)(F)F)cc1. The van der Waals surface area contributed by atoms with Crippen LogP contribution in [0, 0.1) is 0 Å². The summed E-state index contributed by atoms with van der Waals surface area (Å²) in [5.41, 5.74) is 4.26. The number of hydrogen-bond donors (Lipinski definition) is 0. The average Bonchev–Trinajstić information content (AvgIpc) is 3.15. The highest BCUT2D eigenvalue weighted by atomic mass is 35.5. The zero-order valence-corrected chi connectivity index (χ0v) is 17.1. The van der Waals surface area contributed by atoms with E-state index in [1.807, 2.05) is 32.2 Å². The molecule has 0 spiro atoms. The van der Waals surface area contributed by atoms with Crippen molar-refractivity contribution in [2.75, 3.05) is 0 Å². The second-order valence-corrected chi connectivity index (χ2v) is 7.43. The van der Waals surface area contributed by atoms with Crippen molar-refractivity contribution in [3.8, 4) is 11.3 Å². The van der Waals surface area contributed by atoms with Crippen LogP contribution >= 0.6 is 11.6 Å². The molecule has 0 N–H and O–H groups in total. The molecule has 4 rings (SSSR count). The summed E-state index contributed by atoms with van der Waals surface area (Å²) in [6.45, 7) is 1.98. The van der Waals surface area contributed by atoms with Crippen molar-refractivity contribution in [2.45, 2.75) is 25.9 Å². The summed E-state index contributed by atoms with van der Waals surface area (Å²) in [6, 6.07) is 11.0. The normalized spacial score (nSPS) is 11.9. The van der Waals surface area contributed by atoms with E-state index in [1.165, 1.54) is 12.1 Å². The maximum Gasteiger partial charge on any atom is 0.416 e. The Morgan fingerprint density at radius 3 is 2.40 bits per heavy atom. The van der Waals surface area contributed by atoms with Gasteiger partial charge in [0.05, 0.1) is 28.0 Å². The van der Waals surface area contributed by atoms with Crippen LogP contribution in [0.2, 0.25) is 5.02 Å². The monoisotopic (exact) mass is 430 g/mol. The van der Waals surface area contributed by atoms with Gasteiger partial charge in [-0.1, -0.05) is 41.9 Å². The predicted octanol–water partition coefficient (Wildman–Crippen LogP) is 5.86. The Balaban J connectivity index is 1.78. The Hall–Kier alpha value is -2.93. The lowest BCUT2D eigenvalue weighted by atomic mass is 9.98. The average molecular weight is 431 g/mol. The van der Waals surface area contributed by atoms with Crippen molar-refractivity contribution < 1.29 is 13.2 Å². The Morgan fingerprint density at radius 1 is 1.07 bits per heavy atom. The maximum atomic E-state index is 12.8. The molecule has 0 unspecified atom stereocenters. The molecule has 0 bridgehead atoms. The van der Waals surface area contributed by atoms with Gasteiger partial charge in [0.2, 0.25) is 0 Å². The summed E-state index contributed by atoms with van der Waals surface area (Å²) >= 11 is 6.79. The molecule has 0 amide bonds. The van der Waals surface area contributed by atoms with E-state index in [9.17, 15) is 13.2 Å². The Bertz CT molecular complexity index is 1210. The minimum atomic E-state index is -4.35. The lowest BCUT2D eigenvalue weighted by Crippen LogP contribution is -2.05. The van der Waals surface area contributed by atoms with E-state index in [0.29, 0.717) is 17.9 Å². The topological polar surface area (TPSA) is 43.6 Å². The number of aryl methyl sites for hydroxylation is 2. The van der Waals surface area contributed by atoms with Crippen LogP contribution in [0.5, 0.6) is 0 Å². The number of pyridine rings is 1. The number of alkyl halides is 3. The first-order valence-electron chi connectivity index (χ1n) is 9.40. The zero-order valence-electron chi connectivity index (χ0n) is 16.3. The maximum absolute atomic E-state index is 12.8. The Labute approximate surface area is 176 Å². The molecule has 0 aliphatic heterocycles. The lowest BCUT2D eigenvalue weighted by molar-refractivity contribution is -0.137. The number of hydrogen-bond acceptors (Lipinski definition) is 3. The van der Waals surface area contributed by atoms with Crippen LogP contribution in [-0.2, 0) is 26.1 Å². The molecular formula is C22H18ClF3N4. The first-order valence-corrected chi connectivity index (χ1v) is 9.78. The highest BCUT2D eigenvalue weighted by molar-refractivity contribution is 6.36. The van der Waals surface area contributed by atoms with Crippen molar-refractivity contribution in [1.82, 2.24) is 20.0 Å². The van der Waals surface area contributed by atoms with Gasteiger partial charge in [0, 0.05) is 30.1 Å². The number of rotatable bonds is 4. The quantitative estimate of drug-likeness (QED) is 0.407. The molecule has 4 nitrogen and oxygen atoms in total. The molecule has 0 aliphatic carbocycles. The number of fused-ring (bicyclic) bond motifs is 1. The summed E-state index contributed by atoms with van der Waals surface area (Å²) < 4.78 is 40.2. The van der Waals surface area contributed by atoms with Gasteiger partial charge >= 0.3 is 6.18 Å². The molecule has 8 heteroatoms. The minimum Gasteiger partial charge on any atom is -0.252 e. The second-order valence-electron chi connectivity index (χ2n) is 7.05. The van der Waals surface area contributed by atoms with E-state index in [-0.39, 0.29) is 0 Å². The van der Waals surface area contributed by atoms with Crippen LogP contribution in [0.4, 0.5) is 13.2 Å². The summed E-state index contributed by atoms with van der Waals surface area (Å²) in [5, 5.41) is 9.22. The molecule has 0 aliphatic rings. The highest BCUT2D eigenvalue weighted by Gasteiger charge is 2.30. The van der Waals surface area contributed by atoms with Crippen molar-refractivity contribution in [3.63, 3.8) is 0 Å². The van der Waals surface area contributed by atoms with E-state index in [1.54, 1.807) is 10.9 Å². The van der Waals surface area contributed by atoms with Gasteiger partial charge in [0.15, 0.2) is 0 Å². The Kier molecular flexibility index (Phi) is 5.24. The first-order chi connectivity index (χ1) is 14.3. The largest absolute Gasteiger partial charge is 0.416 e. The molecule has 0 saturated heterocycles. The van der Waals surface area contributed by atoms with Gasteiger partial charge in [-0.15, -0.1) is 5.10 Å². The van der Waals surface area contributed by atoms with Crippen LogP contribution < -0.4 is 0 Å². The van der Waals surface area contributed by atoms with Gasteiger partial charge in [0.25, 0.3) is 0 Å². The fourth-order valence-corrected chi connectivity index (χ4v) is 3.84. The first kappa shape index (κ1) is 20.3. The second kappa shape index (κ2) is 7.72. The third-order valence-electron chi connectivity index (χ3n) is 5.11. The molecule has 0 saturated carbocycles. The molecule has 2 aromatic carbocycles. The lowest BCUT2D eigenvalue weighted by Gasteiger charge is -2.14. The van der Waals surface area contributed by atoms with Gasteiger partial charge in [-0.05, 0) is 41.8 Å².